The Balaban J connectivity index is 1.76. The number of nitrogens with zero attached hydrogens (tertiary/aromatic N) is 1. The Morgan fingerprint density at radius 3 is 2.27 bits per heavy atom. The number of aliphatic hydroxyl groups excluding tert-OH is 1. The Kier molecular flexibility index (Phi) is 17.2. The number of hydrogen-bond acceptors (Lipinski definition) is 11. The van der Waals surface area contributed by atoms with Crippen LogP contribution in [-0.4, -0.2) is 120 Å². The number of Topliss-reactive ketones (excluding diaryl/α,β-unsaturated/α-hetero) is 2. The quantitative estimate of drug-likeness (QED) is 0.146. The Hall–Kier alpha value is -2.19. The van der Waals surface area contributed by atoms with Crippen LogP contribution in [0.25, 0.3) is 0 Å². The number of ketones is 2. The van der Waals surface area contributed by atoms with Crippen molar-refractivity contribution in [1.82, 2.24) is 4.90 Å². The molecule has 1 amide bonds. The van der Waals surface area contributed by atoms with Gasteiger partial charge in [-0.05, 0) is 95.5 Å². The molecule has 56 heavy (non-hydrogen) atoms. The number of piperidine rings is 1. The fraction of sp³-hybridized carbons (Fsp3) is 0.814. The SMILES string of the molecule is CC[C@@H]1/C=C(\C)C[C@H](C)C[C@H](OC)[C@@H]2O[C@@](O)(C(=O)C(=O)N3CCCC[C@H]3C(=O)O[C@H](/C(C)=C/[C@@H]3CC[C@@H](Cl)[C@H](OC)C3)[C@H](C)[C@@H](O)CC1=O)[C@H](C)C[C@@H]2OC. The highest BCUT2D eigenvalue weighted by Gasteiger charge is 2.56. The van der Waals surface area contributed by atoms with E-state index >= 15 is 0 Å². The van der Waals surface area contributed by atoms with Crippen molar-refractivity contribution >= 4 is 35.0 Å². The van der Waals surface area contributed by atoms with E-state index in [1.807, 2.05) is 32.9 Å². The molecule has 0 aromatic rings. The van der Waals surface area contributed by atoms with E-state index in [1.165, 1.54) is 19.1 Å². The van der Waals surface area contributed by atoms with Gasteiger partial charge in [0, 0.05) is 52.0 Å². The zero-order valence-electron chi connectivity index (χ0n) is 35.0. The Morgan fingerprint density at radius 2 is 1.62 bits per heavy atom. The summed E-state index contributed by atoms with van der Waals surface area (Å²) in [6.45, 7) is 11.3. The molecular formula is C43H68ClNO11. The molecule has 318 valence electrons. The van der Waals surface area contributed by atoms with E-state index in [-0.39, 0.29) is 54.9 Å². The van der Waals surface area contributed by atoms with E-state index in [9.17, 15) is 29.4 Å². The number of halogens is 1. The van der Waals surface area contributed by atoms with E-state index in [2.05, 4.69) is 6.92 Å². The number of ether oxygens (including phenoxy) is 5. The molecule has 3 heterocycles. The first-order valence-corrected chi connectivity index (χ1v) is 21.2. The van der Waals surface area contributed by atoms with Crippen LogP contribution in [-0.2, 0) is 42.9 Å². The average molecular weight is 810 g/mol. The lowest BCUT2D eigenvalue weighted by Gasteiger charge is -2.47. The first-order chi connectivity index (χ1) is 26.5. The molecule has 3 fully saturated rings. The summed E-state index contributed by atoms with van der Waals surface area (Å²) >= 11 is 6.52. The van der Waals surface area contributed by atoms with Crippen LogP contribution in [0.3, 0.4) is 0 Å². The zero-order chi connectivity index (χ0) is 41.5. The second-order valence-electron chi connectivity index (χ2n) is 17.1. The summed E-state index contributed by atoms with van der Waals surface area (Å²) in [5.41, 5.74) is 1.71. The van der Waals surface area contributed by atoms with Gasteiger partial charge in [0.2, 0.25) is 5.79 Å². The number of cyclic esters (lactones) is 1. The monoisotopic (exact) mass is 809 g/mol. The first kappa shape index (κ1) is 46.5. The van der Waals surface area contributed by atoms with Crippen LogP contribution in [0.5, 0.6) is 0 Å². The minimum atomic E-state index is -2.49. The molecule has 14 atom stereocenters. The van der Waals surface area contributed by atoms with Gasteiger partial charge in [0.25, 0.3) is 11.7 Å². The molecule has 1 aliphatic carbocycles. The number of carbonyl (C=O) groups excluding carboxylic acids is 4. The second-order valence-corrected chi connectivity index (χ2v) is 17.7. The Morgan fingerprint density at radius 1 is 0.964 bits per heavy atom. The number of carbonyl (C=O) groups is 4. The molecule has 2 N–H and O–H groups in total. The van der Waals surface area contributed by atoms with Crippen molar-refractivity contribution in [2.24, 2.45) is 29.6 Å². The van der Waals surface area contributed by atoms with Crippen molar-refractivity contribution in [3.8, 4) is 0 Å². The summed E-state index contributed by atoms with van der Waals surface area (Å²) in [6.07, 6.45) is 5.16. The van der Waals surface area contributed by atoms with Gasteiger partial charge in [0.1, 0.15) is 24.0 Å². The minimum Gasteiger partial charge on any atom is -0.456 e. The number of esters is 1. The van der Waals surface area contributed by atoms with Crippen LogP contribution >= 0.6 is 11.6 Å². The maximum Gasteiger partial charge on any atom is 0.329 e. The van der Waals surface area contributed by atoms with Gasteiger partial charge in [0.15, 0.2) is 0 Å². The van der Waals surface area contributed by atoms with Gasteiger partial charge < -0.3 is 38.8 Å². The topological polar surface area (TPSA) is 158 Å². The molecule has 4 rings (SSSR count). The lowest BCUT2D eigenvalue weighted by Crippen LogP contribution is -2.64. The van der Waals surface area contributed by atoms with Crippen LogP contribution in [0.2, 0.25) is 0 Å². The highest BCUT2D eigenvalue weighted by atomic mass is 35.5. The molecule has 1 saturated carbocycles. The lowest BCUT2D eigenvalue weighted by molar-refractivity contribution is -0.302. The standard InChI is InChI=1S/C43H68ClNO11/c1-10-30-18-24(2)17-25(3)19-36(53-8)39-37(54-9)21-27(5)43(51,56-39)40(48)41(49)45-16-12-11-13-32(45)42(50)55-38(28(6)33(46)23-34(30)47)26(4)20-29-14-15-31(44)35(22-29)52-7/h18,20,25,27-33,35-39,46,51H,10-17,19,21-23H2,1-9H3/b24-18+,26-20+/t25-,27+,28+,29-,30+,31+,32-,33-,35+,36-,37-,38+,39-,43+/m0/s1. The number of aliphatic hydroxyl groups is 2. The highest BCUT2D eigenvalue weighted by molar-refractivity contribution is 6.39. The molecule has 12 nitrogen and oxygen atoms in total. The molecule has 13 heteroatoms. The third-order valence-corrected chi connectivity index (χ3v) is 13.3. The van der Waals surface area contributed by atoms with Crippen molar-refractivity contribution in [1.29, 1.82) is 0 Å². The van der Waals surface area contributed by atoms with E-state index in [0.29, 0.717) is 44.1 Å². The van der Waals surface area contributed by atoms with Gasteiger partial charge in [0.05, 0.1) is 29.8 Å². The molecule has 2 bridgehead atoms. The number of alkyl halides is 1. The van der Waals surface area contributed by atoms with E-state index in [0.717, 1.165) is 18.4 Å². The summed E-state index contributed by atoms with van der Waals surface area (Å²) in [5.74, 6) is -7.31. The molecule has 0 aromatic carbocycles. The molecule has 4 aliphatic rings. The maximum absolute atomic E-state index is 14.3. The van der Waals surface area contributed by atoms with E-state index in [4.69, 9.17) is 35.3 Å². The van der Waals surface area contributed by atoms with Crippen molar-refractivity contribution in [2.45, 2.75) is 166 Å². The van der Waals surface area contributed by atoms with Gasteiger partial charge in [-0.25, -0.2) is 4.79 Å². The van der Waals surface area contributed by atoms with Gasteiger partial charge in [-0.1, -0.05) is 45.4 Å². The molecule has 2 saturated heterocycles. The lowest BCUT2D eigenvalue weighted by atomic mass is 9.82. The fourth-order valence-corrected chi connectivity index (χ4v) is 9.69. The molecule has 0 aromatic heterocycles. The fourth-order valence-electron chi connectivity index (χ4n) is 9.36. The number of rotatable bonds is 6. The molecular weight excluding hydrogens is 742 g/mol. The smallest absolute Gasteiger partial charge is 0.329 e. The first-order valence-electron chi connectivity index (χ1n) is 20.7. The summed E-state index contributed by atoms with van der Waals surface area (Å²) < 4.78 is 29.9. The van der Waals surface area contributed by atoms with Crippen LogP contribution < -0.4 is 0 Å². The average Bonchev–Trinajstić information content (AvgIpc) is 3.18. The van der Waals surface area contributed by atoms with E-state index < -0.39 is 77.8 Å². The molecule has 0 radical (unpaired) electrons. The third kappa shape index (κ3) is 10.9. The Labute approximate surface area is 339 Å². The van der Waals surface area contributed by atoms with Gasteiger partial charge >= 0.3 is 5.97 Å². The van der Waals surface area contributed by atoms with Gasteiger partial charge in [-0.2, -0.15) is 0 Å². The third-order valence-electron chi connectivity index (χ3n) is 12.8. The molecule has 0 unspecified atom stereocenters. The number of amides is 1. The van der Waals surface area contributed by atoms with Gasteiger partial charge in [-0.3, -0.25) is 14.4 Å². The van der Waals surface area contributed by atoms with Crippen LogP contribution in [0, 0.1) is 29.6 Å². The maximum atomic E-state index is 14.3. The highest BCUT2D eigenvalue weighted by Crippen LogP contribution is 2.39. The number of methoxy groups -OCH3 is 3. The molecule has 3 aliphatic heterocycles. The second kappa shape index (κ2) is 20.7. The Bertz CT molecular complexity index is 1440. The molecule has 0 spiro atoms. The predicted molar refractivity (Wildman–Crippen MR) is 212 cm³/mol. The van der Waals surface area contributed by atoms with Crippen LogP contribution in [0.4, 0.5) is 0 Å². The van der Waals surface area contributed by atoms with Crippen LogP contribution in [0.1, 0.15) is 112 Å². The summed E-state index contributed by atoms with van der Waals surface area (Å²) in [6, 6.07) is -1.12. The van der Waals surface area contributed by atoms with Crippen molar-refractivity contribution in [3.05, 3.63) is 23.3 Å². The summed E-state index contributed by atoms with van der Waals surface area (Å²) in [7, 11) is 4.71. The van der Waals surface area contributed by atoms with Crippen molar-refractivity contribution in [3.63, 3.8) is 0 Å². The zero-order valence-corrected chi connectivity index (χ0v) is 35.8. The van der Waals surface area contributed by atoms with Gasteiger partial charge in [-0.15, -0.1) is 11.6 Å². The largest absolute Gasteiger partial charge is 0.456 e. The minimum absolute atomic E-state index is 0.0425. The number of fused-ring (bicyclic) bond motifs is 3. The van der Waals surface area contributed by atoms with Crippen LogP contribution in [0.15, 0.2) is 23.3 Å². The number of hydrogen-bond donors (Lipinski definition) is 2. The van der Waals surface area contributed by atoms with Crippen molar-refractivity contribution < 1.29 is 53.1 Å². The number of allylic oxidation sites excluding steroid dienone is 3. The predicted octanol–water partition coefficient (Wildman–Crippen LogP) is 5.72. The van der Waals surface area contributed by atoms with Crippen molar-refractivity contribution in [2.75, 3.05) is 27.9 Å². The summed E-state index contributed by atoms with van der Waals surface area (Å²) in [4.78, 5) is 57.7. The summed E-state index contributed by atoms with van der Waals surface area (Å²) in [5, 5.41) is 23.6. The normalized spacial score (nSPS) is 41.6. The van der Waals surface area contributed by atoms with E-state index in [1.54, 1.807) is 21.0 Å².